The summed E-state index contributed by atoms with van der Waals surface area (Å²) in [5, 5.41) is 0.916. The Kier molecular flexibility index (Phi) is 3.53. The van der Waals surface area contributed by atoms with E-state index >= 15 is 0 Å². The molecule has 2 aromatic rings. The fourth-order valence-electron chi connectivity index (χ4n) is 2.05. The molecule has 0 amide bonds. The van der Waals surface area contributed by atoms with E-state index in [4.69, 9.17) is 5.73 Å². The van der Waals surface area contributed by atoms with Crippen molar-refractivity contribution in [3.8, 4) is 11.1 Å². The van der Waals surface area contributed by atoms with Gasteiger partial charge in [0.1, 0.15) is 0 Å². The lowest BCUT2D eigenvalue weighted by Gasteiger charge is -2.06. The van der Waals surface area contributed by atoms with E-state index < -0.39 is 0 Å². The van der Waals surface area contributed by atoms with Crippen molar-refractivity contribution in [2.75, 3.05) is 5.73 Å². The lowest BCUT2D eigenvalue weighted by Crippen LogP contribution is -1.93. The molecule has 90 valence electrons. The van der Waals surface area contributed by atoms with Gasteiger partial charge in [0, 0.05) is 10.4 Å². The summed E-state index contributed by atoms with van der Waals surface area (Å²) in [7, 11) is 0. The molecule has 0 atom stereocenters. The van der Waals surface area contributed by atoms with Crippen molar-refractivity contribution in [3.63, 3.8) is 0 Å². The zero-order valence-corrected chi connectivity index (χ0v) is 11.5. The Morgan fingerprint density at radius 3 is 2.29 bits per heavy atom. The van der Waals surface area contributed by atoms with Crippen molar-refractivity contribution in [2.45, 2.75) is 27.2 Å². The van der Waals surface area contributed by atoms with E-state index in [1.165, 1.54) is 21.6 Å². The normalized spacial score (nSPS) is 11.1. The monoisotopic (exact) mass is 245 g/mol. The highest BCUT2D eigenvalue weighted by Crippen LogP contribution is 2.33. The van der Waals surface area contributed by atoms with E-state index in [1.54, 1.807) is 11.3 Å². The van der Waals surface area contributed by atoms with Crippen LogP contribution in [0, 0.1) is 12.8 Å². The van der Waals surface area contributed by atoms with Gasteiger partial charge in [0.25, 0.3) is 0 Å². The lowest BCUT2D eigenvalue weighted by molar-refractivity contribution is 0.647. The molecule has 0 aliphatic carbocycles. The number of hydrogen-bond donors (Lipinski definition) is 1. The van der Waals surface area contributed by atoms with Crippen LogP contribution < -0.4 is 5.73 Å². The van der Waals surface area contributed by atoms with Crippen LogP contribution in [0.5, 0.6) is 0 Å². The first-order chi connectivity index (χ1) is 8.06. The second-order valence-corrected chi connectivity index (χ2v) is 6.22. The van der Waals surface area contributed by atoms with E-state index in [0.717, 1.165) is 11.4 Å². The van der Waals surface area contributed by atoms with Gasteiger partial charge in [-0.15, -0.1) is 11.3 Å². The van der Waals surface area contributed by atoms with Gasteiger partial charge in [-0.3, -0.25) is 0 Å². The van der Waals surface area contributed by atoms with Gasteiger partial charge in [-0.05, 0) is 36.5 Å². The molecule has 0 aliphatic heterocycles. The van der Waals surface area contributed by atoms with Crippen LogP contribution in [0.2, 0.25) is 0 Å². The molecule has 0 fully saturated rings. The summed E-state index contributed by atoms with van der Waals surface area (Å²) in [6, 6.07) is 10.9. The molecule has 17 heavy (non-hydrogen) atoms. The first-order valence-corrected chi connectivity index (χ1v) is 6.83. The van der Waals surface area contributed by atoms with Crippen molar-refractivity contribution >= 4 is 16.3 Å². The number of nitrogens with two attached hydrogens (primary N) is 1. The number of benzene rings is 1. The molecule has 0 radical (unpaired) electrons. The van der Waals surface area contributed by atoms with E-state index in [0.29, 0.717) is 5.92 Å². The molecule has 0 saturated heterocycles. The summed E-state index contributed by atoms with van der Waals surface area (Å²) in [5.41, 5.74) is 9.80. The molecule has 0 bridgehead atoms. The Morgan fingerprint density at radius 2 is 1.82 bits per heavy atom. The maximum atomic E-state index is 6.01. The van der Waals surface area contributed by atoms with Crippen LogP contribution in [-0.4, -0.2) is 0 Å². The van der Waals surface area contributed by atoms with Crippen molar-refractivity contribution in [2.24, 2.45) is 5.92 Å². The topological polar surface area (TPSA) is 26.0 Å². The smallest absolute Gasteiger partial charge is 0.0938 e. The molecule has 1 aromatic carbocycles. The summed E-state index contributed by atoms with van der Waals surface area (Å²) in [5.74, 6) is 0.703. The fraction of sp³-hybridized carbons (Fsp3) is 0.333. The molecule has 0 spiro atoms. The molecule has 1 nitrogen and oxygen atoms in total. The molecule has 0 unspecified atom stereocenters. The van der Waals surface area contributed by atoms with Crippen molar-refractivity contribution in [3.05, 3.63) is 40.8 Å². The van der Waals surface area contributed by atoms with E-state index in [9.17, 15) is 0 Å². The van der Waals surface area contributed by atoms with Gasteiger partial charge in [0.05, 0.1) is 5.00 Å². The van der Waals surface area contributed by atoms with Gasteiger partial charge in [-0.1, -0.05) is 38.1 Å². The average molecular weight is 245 g/mol. The maximum Gasteiger partial charge on any atom is 0.0938 e. The minimum atomic E-state index is 0.703. The maximum absolute atomic E-state index is 6.01. The van der Waals surface area contributed by atoms with Crippen LogP contribution in [0.4, 0.5) is 5.00 Å². The Labute approximate surface area is 107 Å². The minimum absolute atomic E-state index is 0.703. The Balaban J connectivity index is 2.26. The highest BCUT2D eigenvalue weighted by atomic mass is 32.1. The fourth-order valence-corrected chi connectivity index (χ4v) is 2.86. The van der Waals surface area contributed by atoms with Crippen LogP contribution in [0.3, 0.4) is 0 Å². The molecule has 0 saturated carbocycles. The Hall–Kier alpha value is -1.28. The zero-order valence-electron chi connectivity index (χ0n) is 10.7. The van der Waals surface area contributed by atoms with Crippen LogP contribution in [0.15, 0.2) is 30.3 Å². The SMILES string of the molecule is Cc1cc(-c2ccc(CC(C)C)cc2)c(N)s1. The van der Waals surface area contributed by atoms with Gasteiger partial charge in [0.2, 0.25) is 0 Å². The molecule has 1 heterocycles. The summed E-state index contributed by atoms with van der Waals surface area (Å²) in [6.07, 6.45) is 1.14. The van der Waals surface area contributed by atoms with E-state index in [2.05, 4.69) is 51.1 Å². The summed E-state index contributed by atoms with van der Waals surface area (Å²) >= 11 is 1.66. The molecular weight excluding hydrogens is 226 g/mol. The first-order valence-electron chi connectivity index (χ1n) is 6.01. The Morgan fingerprint density at radius 1 is 1.18 bits per heavy atom. The number of anilines is 1. The third kappa shape index (κ3) is 2.89. The number of rotatable bonds is 3. The average Bonchev–Trinajstić information content (AvgIpc) is 2.58. The van der Waals surface area contributed by atoms with Crippen molar-refractivity contribution in [1.82, 2.24) is 0 Å². The van der Waals surface area contributed by atoms with E-state index in [1.807, 2.05) is 0 Å². The molecule has 2 heteroatoms. The Bertz CT molecular complexity index is 494. The largest absolute Gasteiger partial charge is 0.390 e. The molecule has 2 rings (SSSR count). The third-order valence-electron chi connectivity index (χ3n) is 2.79. The van der Waals surface area contributed by atoms with Crippen LogP contribution >= 0.6 is 11.3 Å². The number of aryl methyl sites for hydroxylation is 1. The predicted molar refractivity (Wildman–Crippen MR) is 77.4 cm³/mol. The molecular formula is C15H19NS. The van der Waals surface area contributed by atoms with Crippen LogP contribution in [-0.2, 0) is 6.42 Å². The van der Waals surface area contributed by atoms with Gasteiger partial charge >= 0.3 is 0 Å². The first kappa shape index (κ1) is 12.2. The standard InChI is InChI=1S/C15H19NS/c1-10(2)8-12-4-6-13(7-5-12)14-9-11(3)17-15(14)16/h4-7,9-10H,8,16H2,1-3H3. The summed E-state index contributed by atoms with van der Waals surface area (Å²) in [4.78, 5) is 1.27. The molecule has 2 N–H and O–H groups in total. The molecule has 1 aromatic heterocycles. The number of thiophene rings is 1. The van der Waals surface area contributed by atoms with Crippen molar-refractivity contribution in [1.29, 1.82) is 0 Å². The molecule has 0 aliphatic rings. The van der Waals surface area contributed by atoms with Gasteiger partial charge in [0.15, 0.2) is 0 Å². The third-order valence-corrected chi connectivity index (χ3v) is 3.67. The second-order valence-electron chi connectivity index (χ2n) is 4.93. The van der Waals surface area contributed by atoms with Crippen LogP contribution in [0.1, 0.15) is 24.3 Å². The minimum Gasteiger partial charge on any atom is -0.390 e. The second kappa shape index (κ2) is 4.92. The van der Waals surface area contributed by atoms with Crippen LogP contribution in [0.25, 0.3) is 11.1 Å². The zero-order chi connectivity index (χ0) is 12.4. The van der Waals surface area contributed by atoms with Gasteiger partial charge in [-0.25, -0.2) is 0 Å². The number of nitrogen functional groups attached to an aromatic ring is 1. The lowest BCUT2D eigenvalue weighted by atomic mass is 10.00. The summed E-state index contributed by atoms with van der Waals surface area (Å²) < 4.78 is 0. The van der Waals surface area contributed by atoms with Crippen molar-refractivity contribution < 1.29 is 0 Å². The quantitative estimate of drug-likeness (QED) is 0.846. The van der Waals surface area contributed by atoms with E-state index in [-0.39, 0.29) is 0 Å². The number of hydrogen-bond acceptors (Lipinski definition) is 2. The van der Waals surface area contributed by atoms with Gasteiger partial charge in [-0.2, -0.15) is 0 Å². The highest BCUT2D eigenvalue weighted by Gasteiger charge is 2.06. The summed E-state index contributed by atoms with van der Waals surface area (Å²) in [6.45, 7) is 6.58. The van der Waals surface area contributed by atoms with Gasteiger partial charge < -0.3 is 5.73 Å². The predicted octanol–water partition coefficient (Wildman–Crippen LogP) is 4.50. The highest BCUT2D eigenvalue weighted by molar-refractivity contribution is 7.16.